The van der Waals surface area contributed by atoms with Gasteiger partial charge in [0.2, 0.25) is 10.1 Å². The first-order valence-corrected chi connectivity index (χ1v) is 7.04. The number of carbonyl (C=O) groups excluding carboxylic acids is 1. The summed E-state index contributed by atoms with van der Waals surface area (Å²) in [4.78, 5) is 12.0. The Bertz CT molecular complexity index is 397. The van der Waals surface area contributed by atoms with Crippen molar-refractivity contribution in [3.8, 4) is 0 Å². The highest BCUT2D eigenvalue weighted by Gasteiger charge is 2.23. The first kappa shape index (κ1) is 14.9. The van der Waals surface area contributed by atoms with Crippen molar-refractivity contribution in [2.24, 2.45) is 5.41 Å². The van der Waals surface area contributed by atoms with Gasteiger partial charge >= 0.3 is 0 Å². The van der Waals surface area contributed by atoms with Gasteiger partial charge < -0.3 is 10.6 Å². The number of nitrogens with one attached hydrogen (secondary N) is 2. The quantitative estimate of drug-likeness (QED) is 0.863. The Labute approximate surface area is 112 Å². The fourth-order valence-electron chi connectivity index (χ4n) is 1.09. The Morgan fingerprint density at radius 3 is 2.61 bits per heavy atom. The van der Waals surface area contributed by atoms with Crippen LogP contribution in [0.3, 0.4) is 0 Å². The lowest BCUT2D eigenvalue weighted by Gasteiger charge is -2.27. The molecule has 2 N–H and O–H groups in total. The fraction of sp³-hybridized carbons (Fsp3) is 0.750. The van der Waals surface area contributed by atoms with Gasteiger partial charge in [0, 0.05) is 12.6 Å². The van der Waals surface area contributed by atoms with Crippen LogP contribution < -0.4 is 10.6 Å². The van der Waals surface area contributed by atoms with Crippen molar-refractivity contribution in [1.29, 1.82) is 0 Å². The van der Waals surface area contributed by atoms with E-state index in [0.717, 1.165) is 13.0 Å². The van der Waals surface area contributed by atoms with Gasteiger partial charge in [-0.25, -0.2) is 0 Å². The smallest absolute Gasteiger partial charge is 0.282 e. The summed E-state index contributed by atoms with van der Waals surface area (Å²) in [7, 11) is 0. The molecular weight excluding hydrogens is 248 g/mol. The zero-order valence-corrected chi connectivity index (χ0v) is 12.5. The van der Waals surface area contributed by atoms with Crippen molar-refractivity contribution >= 4 is 22.4 Å². The number of hydrogen-bond donors (Lipinski definition) is 2. The van der Waals surface area contributed by atoms with Gasteiger partial charge in [0.05, 0.1) is 0 Å². The standard InChI is InChI=1S/C12H22N4OS/c1-6-7-13-11-16-15-10(18-11)9(17)14-8(2)12(3,4)5/h8H,6-7H2,1-5H3,(H,13,16)(H,14,17). The molecule has 0 radical (unpaired) electrons. The molecule has 1 aromatic rings. The predicted octanol–water partition coefficient (Wildman–Crippen LogP) is 2.52. The maximum Gasteiger partial charge on any atom is 0.282 e. The van der Waals surface area contributed by atoms with E-state index < -0.39 is 0 Å². The van der Waals surface area contributed by atoms with Crippen molar-refractivity contribution in [2.75, 3.05) is 11.9 Å². The number of nitrogens with zero attached hydrogens (tertiary/aromatic N) is 2. The second-order valence-corrected chi connectivity index (χ2v) is 6.38. The first-order chi connectivity index (χ1) is 8.34. The van der Waals surface area contributed by atoms with Gasteiger partial charge in [-0.1, -0.05) is 39.0 Å². The first-order valence-electron chi connectivity index (χ1n) is 6.22. The van der Waals surface area contributed by atoms with Crippen LogP contribution in [0.4, 0.5) is 5.13 Å². The Kier molecular flexibility index (Phi) is 5.07. The highest BCUT2D eigenvalue weighted by molar-refractivity contribution is 7.17. The topological polar surface area (TPSA) is 66.9 Å². The van der Waals surface area contributed by atoms with Crippen LogP contribution in [-0.4, -0.2) is 28.7 Å². The molecule has 102 valence electrons. The highest BCUT2D eigenvalue weighted by Crippen LogP contribution is 2.20. The molecule has 1 unspecified atom stereocenters. The van der Waals surface area contributed by atoms with Gasteiger partial charge in [0.25, 0.3) is 5.91 Å². The van der Waals surface area contributed by atoms with E-state index in [4.69, 9.17) is 0 Å². The Morgan fingerprint density at radius 2 is 2.06 bits per heavy atom. The third-order valence-electron chi connectivity index (χ3n) is 2.79. The molecule has 1 aromatic heterocycles. The van der Waals surface area contributed by atoms with E-state index in [9.17, 15) is 4.79 Å². The van der Waals surface area contributed by atoms with Gasteiger partial charge in [-0.3, -0.25) is 4.79 Å². The zero-order valence-electron chi connectivity index (χ0n) is 11.7. The molecule has 1 heterocycles. The molecule has 0 aliphatic heterocycles. The molecule has 0 saturated heterocycles. The average molecular weight is 270 g/mol. The number of rotatable bonds is 5. The molecule has 0 saturated carbocycles. The van der Waals surface area contributed by atoms with Crippen molar-refractivity contribution in [2.45, 2.75) is 47.1 Å². The van der Waals surface area contributed by atoms with E-state index in [0.29, 0.717) is 10.1 Å². The molecule has 5 nitrogen and oxygen atoms in total. The van der Waals surface area contributed by atoms with Gasteiger partial charge in [-0.15, -0.1) is 10.2 Å². The van der Waals surface area contributed by atoms with Crippen molar-refractivity contribution in [3.05, 3.63) is 5.01 Å². The molecule has 1 amide bonds. The molecule has 0 fully saturated rings. The normalized spacial score (nSPS) is 13.2. The Balaban J connectivity index is 2.59. The summed E-state index contributed by atoms with van der Waals surface area (Å²) in [6, 6.07) is 0.0842. The third-order valence-corrected chi connectivity index (χ3v) is 3.67. The summed E-state index contributed by atoms with van der Waals surface area (Å²) in [6.45, 7) is 11.2. The van der Waals surface area contributed by atoms with Crippen molar-refractivity contribution in [1.82, 2.24) is 15.5 Å². The predicted molar refractivity (Wildman–Crippen MR) is 75.1 cm³/mol. The lowest BCUT2D eigenvalue weighted by atomic mass is 9.88. The SMILES string of the molecule is CCCNc1nnc(C(=O)NC(C)C(C)(C)C)s1. The molecule has 0 aliphatic rings. The monoisotopic (exact) mass is 270 g/mol. The number of aromatic nitrogens is 2. The number of hydrogen-bond acceptors (Lipinski definition) is 5. The second-order valence-electron chi connectivity index (χ2n) is 5.40. The Morgan fingerprint density at radius 1 is 1.39 bits per heavy atom. The van der Waals surface area contributed by atoms with Crippen molar-refractivity contribution < 1.29 is 4.79 Å². The molecular formula is C12H22N4OS. The molecule has 1 rings (SSSR count). The number of amides is 1. The van der Waals surface area contributed by atoms with E-state index in [1.165, 1.54) is 11.3 Å². The van der Waals surface area contributed by atoms with E-state index >= 15 is 0 Å². The lowest BCUT2D eigenvalue weighted by molar-refractivity contribution is 0.0909. The van der Waals surface area contributed by atoms with Crippen LogP contribution in [0.1, 0.15) is 50.8 Å². The summed E-state index contributed by atoms with van der Waals surface area (Å²) >= 11 is 1.29. The largest absolute Gasteiger partial charge is 0.360 e. The second kappa shape index (κ2) is 6.13. The highest BCUT2D eigenvalue weighted by atomic mass is 32.1. The number of anilines is 1. The fourth-order valence-corrected chi connectivity index (χ4v) is 1.77. The summed E-state index contributed by atoms with van der Waals surface area (Å²) in [5.41, 5.74) is 0.0314. The van der Waals surface area contributed by atoms with E-state index in [1.807, 2.05) is 6.92 Å². The van der Waals surface area contributed by atoms with Gasteiger partial charge in [-0.2, -0.15) is 0 Å². The summed E-state index contributed by atoms with van der Waals surface area (Å²) in [5, 5.41) is 15.0. The molecule has 6 heteroatoms. The van der Waals surface area contributed by atoms with Gasteiger partial charge in [0.1, 0.15) is 0 Å². The van der Waals surface area contributed by atoms with Crippen LogP contribution in [-0.2, 0) is 0 Å². The van der Waals surface area contributed by atoms with E-state index in [2.05, 4.69) is 48.5 Å². The molecule has 0 aliphatic carbocycles. The number of carbonyl (C=O) groups is 1. The summed E-state index contributed by atoms with van der Waals surface area (Å²) in [5.74, 6) is -0.153. The Hall–Kier alpha value is -1.17. The minimum atomic E-state index is -0.153. The lowest BCUT2D eigenvalue weighted by Crippen LogP contribution is -2.41. The molecule has 0 aromatic carbocycles. The minimum Gasteiger partial charge on any atom is -0.360 e. The van der Waals surface area contributed by atoms with Crippen LogP contribution in [0.5, 0.6) is 0 Å². The van der Waals surface area contributed by atoms with Crippen LogP contribution in [0.15, 0.2) is 0 Å². The van der Waals surface area contributed by atoms with Crippen LogP contribution in [0.25, 0.3) is 0 Å². The van der Waals surface area contributed by atoms with E-state index in [-0.39, 0.29) is 17.4 Å². The maximum absolute atomic E-state index is 12.0. The molecule has 1 atom stereocenters. The third kappa shape index (κ3) is 4.25. The molecule has 18 heavy (non-hydrogen) atoms. The molecule has 0 bridgehead atoms. The van der Waals surface area contributed by atoms with Gasteiger partial charge in [-0.05, 0) is 18.8 Å². The zero-order chi connectivity index (χ0) is 13.8. The maximum atomic E-state index is 12.0. The van der Waals surface area contributed by atoms with Crippen LogP contribution >= 0.6 is 11.3 Å². The summed E-state index contributed by atoms with van der Waals surface area (Å²) < 4.78 is 0. The van der Waals surface area contributed by atoms with E-state index in [1.54, 1.807) is 0 Å². The average Bonchev–Trinajstić information content (AvgIpc) is 2.73. The molecule has 0 spiro atoms. The van der Waals surface area contributed by atoms with Crippen molar-refractivity contribution in [3.63, 3.8) is 0 Å². The van der Waals surface area contributed by atoms with Gasteiger partial charge in [0.15, 0.2) is 0 Å². The summed E-state index contributed by atoms with van der Waals surface area (Å²) in [6.07, 6.45) is 1.02. The minimum absolute atomic E-state index is 0.0314. The van der Waals surface area contributed by atoms with Crippen LogP contribution in [0, 0.1) is 5.41 Å². The van der Waals surface area contributed by atoms with Crippen LogP contribution in [0.2, 0.25) is 0 Å².